The molecule has 1 saturated carbocycles. The number of aryl methyl sites for hydroxylation is 1. The lowest BCUT2D eigenvalue weighted by atomic mass is 9.85. The highest BCUT2D eigenvalue weighted by atomic mass is 35.5. The van der Waals surface area contributed by atoms with Crippen molar-refractivity contribution in [1.29, 1.82) is 0 Å². The van der Waals surface area contributed by atoms with Gasteiger partial charge in [0, 0.05) is 23.0 Å². The highest BCUT2D eigenvalue weighted by molar-refractivity contribution is 7.21. The number of anilines is 1. The normalized spacial score (nSPS) is 17.8. The van der Waals surface area contributed by atoms with Crippen molar-refractivity contribution in [2.75, 3.05) is 12.4 Å². The van der Waals surface area contributed by atoms with Crippen LogP contribution < -0.4 is 10.1 Å². The molecule has 2 N–H and O–H groups in total. The van der Waals surface area contributed by atoms with E-state index < -0.39 is 0 Å². The van der Waals surface area contributed by atoms with Gasteiger partial charge in [-0.2, -0.15) is 4.98 Å². The maximum absolute atomic E-state index is 13.3. The largest absolute Gasteiger partial charge is 0.494 e. The van der Waals surface area contributed by atoms with Gasteiger partial charge in [0.1, 0.15) is 10.9 Å². The molecule has 1 aliphatic carbocycles. The van der Waals surface area contributed by atoms with E-state index in [0.29, 0.717) is 44.0 Å². The quantitative estimate of drug-likeness (QED) is 0.343. The molecule has 0 saturated heterocycles. The summed E-state index contributed by atoms with van der Waals surface area (Å²) in [5, 5.41) is 13.3. The molecule has 0 aliphatic heterocycles. The number of carbonyl (C=O) groups excluding carboxylic acids is 1. The number of hydrogen-bond donors (Lipinski definition) is 2. The van der Waals surface area contributed by atoms with Gasteiger partial charge in [0.2, 0.25) is 0 Å². The maximum atomic E-state index is 13.3. The molecule has 1 amide bonds. The van der Waals surface area contributed by atoms with E-state index in [1.807, 2.05) is 6.92 Å². The zero-order valence-electron chi connectivity index (χ0n) is 19.9. The predicted molar refractivity (Wildman–Crippen MR) is 139 cm³/mol. The predicted octanol–water partition coefficient (Wildman–Crippen LogP) is 4.86. The minimum atomic E-state index is -0.368. The van der Waals surface area contributed by atoms with Crippen molar-refractivity contribution < 1.29 is 14.6 Å². The lowest BCUT2D eigenvalue weighted by Gasteiger charge is -2.24. The molecule has 0 unspecified atom stereocenters. The Morgan fingerprint density at radius 3 is 2.69 bits per heavy atom. The summed E-state index contributed by atoms with van der Waals surface area (Å²) in [5.41, 5.74) is 3.74. The number of nitrogens with one attached hydrogen (secondary N) is 1. The van der Waals surface area contributed by atoms with Crippen molar-refractivity contribution in [3.63, 3.8) is 0 Å². The number of aromatic nitrogens is 5. The van der Waals surface area contributed by atoms with E-state index >= 15 is 0 Å². The van der Waals surface area contributed by atoms with Gasteiger partial charge >= 0.3 is 0 Å². The number of halogens is 1. The van der Waals surface area contributed by atoms with E-state index in [2.05, 4.69) is 25.3 Å². The lowest BCUT2D eigenvalue weighted by molar-refractivity contribution is 0.102. The Hall–Kier alpha value is -3.21. The molecule has 9 nitrogen and oxygen atoms in total. The summed E-state index contributed by atoms with van der Waals surface area (Å²) in [6, 6.07) is 3.47. The smallest absolute Gasteiger partial charge is 0.259 e. The third-order valence-corrected chi connectivity index (χ3v) is 7.40. The topological polar surface area (TPSA) is 123 Å². The fourth-order valence-electron chi connectivity index (χ4n) is 4.47. The Bertz CT molecular complexity index is 1420. The zero-order valence-corrected chi connectivity index (χ0v) is 21.4. The van der Waals surface area contributed by atoms with Crippen molar-refractivity contribution >= 4 is 44.5 Å². The first-order chi connectivity index (χ1) is 17.4. The molecule has 0 aromatic carbocycles. The van der Waals surface area contributed by atoms with Crippen LogP contribution in [0.3, 0.4) is 0 Å². The number of thiazole rings is 1. The monoisotopic (exact) mass is 524 g/mol. The fourth-order valence-corrected chi connectivity index (χ4v) is 5.44. The van der Waals surface area contributed by atoms with Gasteiger partial charge < -0.3 is 9.84 Å². The first kappa shape index (κ1) is 24.5. The van der Waals surface area contributed by atoms with Crippen molar-refractivity contribution in [2.45, 2.75) is 45.1 Å². The van der Waals surface area contributed by atoms with E-state index in [9.17, 15) is 9.90 Å². The third-order valence-electron chi connectivity index (χ3n) is 6.34. The van der Waals surface area contributed by atoms with Crippen LogP contribution in [0.25, 0.3) is 21.6 Å². The molecule has 5 rings (SSSR count). The summed E-state index contributed by atoms with van der Waals surface area (Å²) in [6.07, 6.45) is 9.10. The van der Waals surface area contributed by atoms with Crippen molar-refractivity contribution in [3.05, 3.63) is 52.8 Å². The second-order valence-corrected chi connectivity index (χ2v) is 10.3. The maximum Gasteiger partial charge on any atom is 0.259 e. The molecular weight excluding hydrogens is 500 g/mol. The highest BCUT2D eigenvalue weighted by Gasteiger charge is 2.22. The number of carbonyl (C=O) groups is 1. The number of hydrogen-bond acceptors (Lipinski definition) is 9. The Balaban J connectivity index is 1.39. The standard InChI is InChI=1S/C25H25ClN6O3S/c1-13-7-17(18-9-21(26)28-12-20(18)35-2)19(11-27-13)23(34)32-25-31-22-24(36-25)30-15(10-29-22)8-14-3-5-16(33)6-4-14/h7,9-12,14,16,33H,3-6,8H2,1-2H3,(H,29,31,32,34). The van der Waals surface area contributed by atoms with Crippen LogP contribution >= 0.6 is 22.9 Å². The first-order valence-electron chi connectivity index (χ1n) is 11.7. The van der Waals surface area contributed by atoms with Gasteiger partial charge in [0.15, 0.2) is 15.6 Å². The van der Waals surface area contributed by atoms with E-state index in [-0.39, 0.29) is 17.2 Å². The SMILES string of the molecule is COc1cnc(Cl)cc1-c1cc(C)ncc1C(=O)Nc1nc2ncc(CC3CCC(O)CC3)nc2s1. The summed E-state index contributed by atoms with van der Waals surface area (Å²) in [5.74, 6) is 0.623. The van der Waals surface area contributed by atoms with Crippen LogP contribution in [0.15, 0.2) is 30.7 Å². The van der Waals surface area contributed by atoms with Crippen molar-refractivity contribution in [3.8, 4) is 16.9 Å². The van der Waals surface area contributed by atoms with Gasteiger partial charge in [-0.15, -0.1) is 0 Å². The van der Waals surface area contributed by atoms with Crippen LogP contribution in [0.5, 0.6) is 5.75 Å². The van der Waals surface area contributed by atoms with E-state index in [4.69, 9.17) is 21.3 Å². The van der Waals surface area contributed by atoms with Gasteiger partial charge in [0.05, 0.1) is 36.9 Å². The molecule has 0 radical (unpaired) electrons. The molecule has 0 atom stereocenters. The van der Waals surface area contributed by atoms with Crippen LogP contribution in [-0.4, -0.2) is 49.1 Å². The average Bonchev–Trinajstić information content (AvgIpc) is 3.26. The number of amides is 1. The summed E-state index contributed by atoms with van der Waals surface area (Å²) >= 11 is 7.41. The van der Waals surface area contributed by atoms with Gasteiger partial charge in [-0.05, 0) is 57.1 Å². The van der Waals surface area contributed by atoms with Crippen molar-refractivity contribution in [2.24, 2.45) is 5.92 Å². The molecule has 0 spiro atoms. The van der Waals surface area contributed by atoms with Crippen LogP contribution in [0, 0.1) is 12.8 Å². The summed E-state index contributed by atoms with van der Waals surface area (Å²) in [4.78, 5) is 36.0. The molecule has 36 heavy (non-hydrogen) atoms. The van der Waals surface area contributed by atoms with Gasteiger partial charge in [0.25, 0.3) is 5.91 Å². The minimum Gasteiger partial charge on any atom is -0.494 e. The Kier molecular flexibility index (Phi) is 7.08. The molecule has 4 heterocycles. The lowest BCUT2D eigenvalue weighted by Crippen LogP contribution is -2.19. The van der Waals surface area contributed by atoms with Crippen LogP contribution in [-0.2, 0) is 6.42 Å². The second-order valence-electron chi connectivity index (χ2n) is 8.92. The molecule has 0 bridgehead atoms. The van der Waals surface area contributed by atoms with Crippen LogP contribution in [0.4, 0.5) is 5.13 Å². The number of ether oxygens (including phenoxy) is 1. The fraction of sp³-hybridized carbons (Fsp3) is 0.360. The highest BCUT2D eigenvalue weighted by Crippen LogP contribution is 2.34. The van der Waals surface area contributed by atoms with Gasteiger partial charge in [-0.1, -0.05) is 22.9 Å². The number of aliphatic hydroxyl groups excluding tert-OH is 1. The summed E-state index contributed by atoms with van der Waals surface area (Å²) < 4.78 is 5.45. The third kappa shape index (κ3) is 5.30. The molecule has 11 heteroatoms. The van der Waals surface area contributed by atoms with Crippen LogP contribution in [0.1, 0.15) is 47.4 Å². The molecule has 4 aromatic heterocycles. The molecular formula is C25H25ClN6O3S. The van der Waals surface area contributed by atoms with Gasteiger partial charge in [-0.3, -0.25) is 15.1 Å². The van der Waals surface area contributed by atoms with Crippen LogP contribution in [0.2, 0.25) is 5.15 Å². The number of methoxy groups -OCH3 is 1. The molecule has 1 fully saturated rings. The van der Waals surface area contributed by atoms with Crippen molar-refractivity contribution in [1.82, 2.24) is 24.9 Å². The summed E-state index contributed by atoms with van der Waals surface area (Å²) in [6.45, 7) is 1.85. The Morgan fingerprint density at radius 1 is 1.11 bits per heavy atom. The van der Waals surface area contributed by atoms with Gasteiger partial charge in [-0.25, -0.2) is 15.0 Å². The molecule has 4 aromatic rings. The zero-order chi connectivity index (χ0) is 25.2. The summed E-state index contributed by atoms with van der Waals surface area (Å²) in [7, 11) is 1.54. The number of pyridine rings is 2. The molecule has 186 valence electrons. The van der Waals surface area contributed by atoms with E-state index in [0.717, 1.165) is 43.5 Å². The Labute approximate surface area is 217 Å². The minimum absolute atomic E-state index is 0.177. The van der Waals surface area contributed by atoms with E-state index in [1.54, 1.807) is 18.3 Å². The number of aliphatic hydroxyl groups is 1. The van der Waals surface area contributed by atoms with E-state index in [1.165, 1.54) is 30.8 Å². The number of rotatable bonds is 6. The number of nitrogens with zero attached hydrogens (tertiary/aromatic N) is 5. The second kappa shape index (κ2) is 10.4. The molecule has 1 aliphatic rings. The Morgan fingerprint density at radius 2 is 1.92 bits per heavy atom. The number of fused-ring (bicyclic) bond motifs is 1. The first-order valence-corrected chi connectivity index (χ1v) is 12.9. The average molecular weight is 525 g/mol.